The number of benzene rings is 2. The number of amides is 3. The van der Waals surface area contributed by atoms with Gasteiger partial charge >= 0.3 is 0 Å². The van der Waals surface area contributed by atoms with Crippen molar-refractivity contribution in [2.45, 2.75) is 13.3 Å². The summed E-state index contributed by atoms with van der Waals surface area (Å²) in [4.78, 5) is 37.8. The van der Waals surface area contributed by atoms with Gasteiger partial charge < -0.3 is 20.3 Å². The molecule has 1 unspecified atom stereocenters. The van der Waals surface area contributed by atoms with Gasteiger partial charge in [0.05, 0.1) is 18.7 Å². The molecule has 1 aliphatic rings. The third kappa shape index (κ3) is 4.25. The molecule has 1 saturated heterocycles. The van der Waals surface area contributed by atoms with E-state index in [0.717, 1.165) is 0 Å². The van der Waals surface area contributed by atoms with E-state index < -0.39 is 5.92 Å². The molecule has 0 aromatic heterocycles. The van der Waals surface area contributed by atoms with Crippen LogP contribution in [0, 0.1) is 5.92 Å². The summed E-state index contributed by atoms with van der Waals surface area (Å²) in [6.45, 7) is 1.70. The molecule has 1 fully saturated rings. The van der Waals surface area contributed by atoms with Crippen LogP contribution < -0.4 is 20.3 Å². The molecular formula is C20H21N3O4. The Hall–Kier alpha value is -3.35. The molecule has 0 saturated carbocycles. The zero-order valence-corrected chi connectivity index (χ0v) is 15.2. The quantitative estimate of drug-likeness (QED) is 0.850. The van der Waals surface area contributed by atoms with Gasteiger partial charge in [-0.1, -0.05) is 18.2 Å². The Morgan fingerprint density at radius 2 is 1.89 bits per heavy atom. The molecule has 140 valence electrons. The summed E-state index contributed by atoms with van der Waals surface area (Å²) in [5, 5.41) is 5.53. The number of anilines is 3. The number of ether oxygens (including phenoxy) is 1. The van der Waals surface area contributed by atoms with Gasteiger partial charge in [-0.05, 0) is 30.3 Å². The molecule has 2 aromatic carbocycles. The van der Waals surface area contributed by atoms with Crippen molar-refractivity contribution < 1.29 is 19.1 Å². The monoisotopic (exact) mass is 367 g/mol. The second-order valence-electron chi connectivity index (χ2n) is 6.33. The maximum Gasteiger partial charge on any atom is 0.229 e. The molecule has 7 heteroatoms. The lowest BCUT2D eigenvalue weighted by Crippen LogP contribution is -2.28. The third-order valence-electron chi connectivity index (χ3n) is 4.34. The Bertz CT molecular complexity index is 881. The molecule has 0 spiro atoms. The predicted octanol–water partition coefficient (Wildman–Crippen LogP) is 2.65. The molecule has 2 aromatic rings. The molecule has 3 rings (SSSR count). The highest BCUT2D eigenvalue weighted by Crippen LogP contribution is 2.29. The van der Waals surface area contributed by atoms with Crippen LogP contribution in [-0.2, 0) is 14.4 Å². The second kappa shape index (κ2) is 7.90. The van der Waals surface area contributed by atoms with Crippen molar-refractivity contribution in [1.82, 2.24) is 0 Å². The van der Waals surface area contributed by atoms with E-state index in [1.54, 1.807) is 47.4 Å². The Morgan fingerprint density at radius 1 is 1.11 bits per heavy atom. The van der Waals surface area contributed by atoms with Gasteiger partial charge in [0.2, 0.25) is 17.7 Å². The first-order chi connectivity index (χ1) is 13.0. The van der Waals surface area contributed by atoms with E-state index in [-0.39, 0.29) is 30.7 Å². The summed E-state index contributed by atoms with van der Waals surface area (Å²) in [5.41, 5.74) is 1.83. The van der Waals surface area contributed by atoms with E-state index in [2.05, 4.69) is 10.6 Å². The lowest BCUT2D eigenvalue weighted by Gasteiger charge is -2.18. The van der Waals surface area contributed by atoms with Gasteiger partial charge in [0.25, 0.3) is 0 Å². The summed E-state index contributed by atoms with van der Waals surface area (Å²) < 4.78 is 5.24. The largest absolute Gasteiger partial charge is 0.495 e. The number of rotatable bonds is 5. The number of hydrogen-bond donors (Lipinski definition) is 2. The van der Waals surface area contributed by atoms with Crippen LogP contribution in [-0.4, -0.2) is 31.4 Å². The van der Waals surface area contributed by atoms with E-state index in [0.29, 0.717) is 22.8 Å². The van der Waals surface area contributed by atoms with Crippen LogP contribution in [0.25, 0.3) is 0 Å². The normalized spacial score (nSPS) is 16.1. The first-order valence-corrected chi connectivity index (χ1v) is 8.60. The highest BCUT2D eigenvalue weighted by atomic mass is 16.5. The second-order valence-corrected chi connectivity index (χ2v) is 6.33. The minimum atomic E-state index is -0.466. The smallest absolute Gasteiger partial charge is 0.229 e. The molecule has 1 aliphatic heterocycles. The summed E-state index contributed by atoms with van der Waals surface area (Å²) in [5.74, 6) is -0.445. The van der Waals surface area contributed by atoms with Crippen molar-refractivity contribution in [1.29, 1.82) is 0 Å². The van der Waals surface area contributed by atoms with E-state index >= 15 is 0 Å². The van der Waals surface area contributed by atoms with Crippen molar-refractivity contribution in [2.75, 3.05) is 29.2 Å². The fourth-order valence-corrected chi connectivity index (χ4v) is 3.07. The Morgan fingerprint density at radius 3 is 2.63 bits per heavy atom. The fraction of sp³-hybridized carbons (Fsp3) is 0.250. The first kappa shape index (κ1) is 18.4. The van der Waals surface area contributed by atoms with Gasteiger partial charge in [-0.3, -0.25) is 14.4 Å². The highest BCUT2D eigenvalue weighted by molar-refractivity contribution is 6.04. The Kier molecular flexibility index (Phi) is 5.40. The fourth-order valence-electron chi connectivity index (χ4n) is 3.07. The molecule has 0 aliphatic carbocycles. The lowest BCUT2D eigenvalue weighted by atomic mass is 10.1. The van der Waals surface area contributed by atoms with Gasteiger partial charge in [0.15, 0.2) is 0 Å². The van der Waals surface area contributed by atoms with Crippen LogP contribution >= 0.6 is 0 Å². The lowest BCUT2D eigenvalue weighted by molar-refractivity contribution is -0.122. The average molecular weight is 367 g/mol. The van der Waals surface area contributed by atoms with Gasteiger partial charge in [0.1, 0.15) is 5.75 Å². The number of nitrogens with zero attached hydrogens (tertiary/aromatic N) is 1. The minimum absolute atomic E-state index is 0.129. The summed E-state index contributed by atoms with van der Waals surface area (Å²) in [7, 11) is 1.54. The van der Waals surface area contributed by atoms with E-state index in [1.165, 1.54) is 14.0 Å². The molecule has 1 atom stereocenters. The topological polar surface area (TPSA) is 87.7 Å². The van der Waals surface area contributed by atoms with Crippen molar-refractivity contribution in [3.63, 3.8) is 0 Å². The number of methoxy groups -OCH3 is 1. The predicted molar refractivity (Wildman–Crippen MR) is 103 cm³/mol. The summed E-state index contributed by atoms with van der Waals surface area (Å²) in [6.07, 6.45) is 0.130. The number of carbonyl (C=O) groups excluding carboxylic acids is 3. The summed E-state index contributed by atoms with van der Waals surface area (Å²) >= 11 is 0. The third-order valence-corrected chi connectivity index (χ3v) is 4.34. The maximum atomic E-state index is 12.6. The van der Waals surface area contributed by atoms with Crippen LogP contribution in [0.2, 0.25) is 0 Å². The molecular weight excluding hydrogens is 346 g/mol. The zero-order valence-electron chi connectivity index (χ0n) is 15.2. The van der Waals surface area contributed by atoms with Crippen molar-refractivity contribution in [2.24, 2.45) is 5.92 Å². The van der Waals surface area contributed by atoms with Gasteiger partial charge in [-0.15, -0.1) is 0 Å². The number of nitrogens with one attached hydrogen (secondary N) is 2. The van der Waals surface area contributed by atoms with E-state index in [9.17, 15) is 14.4 Å². The van der Waals surface area contributed by atoms with Crippen LogP contribution in [0.15, 0.2) is 48.5 Å². The number of carbonyl (C=O) groups is 3. The molecule has 1 heterocycles. The van der Waals surface area contributed by atoms with Crippen LogP contribution in [0.1, 0.15) is 13.3 Å². The van der Waals surface area contributed by atoms with Crippen molar-refractivity contribution >= 4 is 34.8 Å². The van der Waals surface area contributed by atoms with Gasteiger partial charge in [0, 0.05) is 31.3 Å². The average Bonchev–Trinajstić information content (AvgIpc) is 3.04. The highest BCUT2D eigenvalue weighted by Gasteiger charge is 2.35. The molecule has 0 bridgehead atoms. The zero-order chi connectivity index (χ0) is 19.4. The van der Waals surface area contributed by atoms with Crippen LogP contribution in [0.3, 0.4) is 0 Å². The van der Waals surface area contributed by atoms with Gasteiger partial charge in [-0.25, -0.2) is 0 Å². The SMILES string of the molecule is COc1ccccc1NC(=O)C1CC(=O)N(c2cccc(NC(C)=O)c2)C1. The van der Waals surface area contributed by atoms with Gasteiger partial charge in [-0.2, -0.15) is 0 Å². The minimum Gasteiger partial charge on any atom is -0.495 e. The van der Waals surface area contributed by atoms with Crippen LogP contribution in [0.4, 0.5) is 17.1 Å². The molecule has 0 radical (unpaired) electrons. The van der Waals surface area contributed by atoms with Crippen molar-refractivity contribution in [3.05, 3.63) is 48.5 Å². The number of hydrogen-bond acceptors (Lipinski definition) is 4. The summed E-state index contributed by atoms with van der Waals surface area (Å²) in [6, 6.07) is 14.1. The van der Waals surface area contributed by atoms with Crippen LogP contribution in [0.5, 0.6) is 5.75 Å². The molecule has 7 nitrogen and oxygen atoms in total. The van der Waals surface area contributed by atoms with E-state index in [1.807, 2.05) is 6.07 Å². The number of para-hydroxylation sites is 2. The van der Waals surface area contributed by atoms with Crippen molar-refractivity contribution in [3.8, 4) is 5.75 Å². The Balaban J connectivity index is 1.71. The molecule has 27 heavy (non-hydrogen) atoms. The standard InChI is InChI=1S/C20H21N3O4/c1-13(24)21-15-6-5-7-16(11-15)23-12-14(10-19(23)25)20(26)22-17-8-3-4-9-18(17)27-2/h3-9,11,14H,10,12H2,1-2H3,(H,21,24)(H,22,26). The molecule has 2 N–H and O–H groups in total. The molecule has 3 amide bonds. The first-order valence-electron chi connectivity index (χ1n) is 8.60. The maximum absolute atomic E-state index is 12.6. The van der Waals surface area contributed by atoms with E-state index in [4.69, 9.17) is 4.74 Å². The Labute approximate surface area is 157 Å².